The fraction of sp³-hybridized carbons (Fsp3) is 0.529. The number of H-pyrrole nitrogens is 1. The standard InChI is InChI=1S/C9H11N.C8H16/c1-3-5-8-6-7-10-9(8)4-2;1-2-8-6-4-3-5-7-8/h3-7,10H,1H2,2H3;8H,2-7H2,1H3/b8-5-,9-4+;. The van der Waals surface area contributed by atoms with Gasteiger partial charge in [-0.05, 0) is 24.1 Å². The molecular formula is C17H27N. The summed E-state index contributed by atoms with van der Waals surface area (Å²) in [5.41, 5.74) is 0. The number of aromatic amines is 1. The Morgan fingerprint density at radius 3 is 2.56 bits per heavy atom. The minimum absolute atomic E-state index is 1.09. The zero-order valence-electron chi connectivity index (χ0n) is 11.9. The second-order valence-electron chi connectivity index (χ2n) is 4.95. The first-order valence-electron chi connectivity index (χ1n) is 7.24. The summed E-state index contributed by atoms with van der Waals surface area (Å²) in [6.45, 7) is 7.95. The summed E-state index contributed by atoms with van der Waals surface area (Å²) in [5.74, 6) is 1.09. The predicted molar refractivity (Wildman–Crippen MR) is 81.7 cm³/mol. The molecule has 0 aliphatic heterocycles. The molecule has 2 rings (SSSR count). The average molecular weight is 245 g/mol. The Hall–Kier alpha value is -1.24. The van der Waals surface area contributed by atoms with Gasteiger partial charge in [-0.3, -0.25) is 0 Å². The Labute approximate surface area is 111 Å². The summed E-state index contributed by atoms with van der Waals surface area (Å²) in [7, 11) is 0. The van der Waals surface area contributed by atoms with E-state index in [4.69, 9.17) is 0 Å². The number of hydrogen-bond acceptors (Lipinski definition) is 0. The van der Waals surface area contributed by atoms with Gasteiger partial charge in [0.2, 0.25) is 0 Å². The zero-order chi connectivity index (χ0) is 13.2. The van der Waals surface area contributed by atoms with Crippen molar-refractivity contribution in [1.29, 1.82) is 0 Å². The maximum absolute atomic E-state index is 3.63. The van der Waals surface area contributed by atoms with E-state index in [1.807, 2.05) is 31.3 Å². The van der Waals surface area contributed by atoms with E-state index in [-0.39, 0.29) is 0 Å². The van der Waals surface area contributed by atoms with Crippen LogP contribution >= 0.6 is 0 Å². The van der Waals surface area contributed by atoms with Crippen molar-refractivity contribution >= 4 is 12.2 Å². The molecule has 0 bridgehead atoms. The van der Waals surface area contributed by atoms with Gasteiger partial charge < -0.3 is 4.98 Å². The number of rotatable bonds is 2. The fourth-order valence-corrected chi connectivity index (χ4v) is 2.51. The molecule has 1 aromatic rings. The lowest BCUT2D eigenvalue weighted by molar-refractivity contribution is 0.349. The molecule has 0 unspecified atom stereocenters. The number of aromatic nitrogens is 1. The van der Waals surface area contributed by atoms with Gasteiger partial charge in [0.15, 0.2) is 0 Å². The topological polar surface area (TPSA) is 15.8 Å². The molecule has 1 aliphatic rings. The van der Waals surface area contributed by atoms with Crippen molar-refractivity contribution in [2.45, 2.75) is 52.4 Å². The van der Waals surface area contributed by atoms with Gasteiger partial charge in [-0.25, -0.2) is 0 Å². The first kappa shape index (κ1) is 14.8. The predicted octanol–water partition coefficient (Wildman–Crippen LogP) is 3.76. The van der Waals surface area contributed by atoms with Gasteiger partial charge in [0.05, 0.1) is 0 Å². The molecule has 0 saturated heterocycles. The average Bonchev–Trinajstić information content (AvgIpc) is 2.88. The van der Waals surface area contributed by atoms with Crippen molar-refractivity contribution in [3.8, 4) is 0 Å². The maximum atomic E-state index is 3.63. The van der Waals surface area contributed by atoms with E-state index in [2.05, 4.69) is 18.5 Å². The third-order valence-corrected chi connectivity index (χ3v) is 3.70. The Balaban J connectivity index is 0.000000184. The van der Waals surface area contributed by atoms with Crippen molar-refractivity contribution in [1.82, 2.24) is 4.98 Å². The summed E-state index contributed by atoms with van der Waals surface area (Å²) in [6, 6.07) is 2.02. The lowest BCUT2D eigenvalue weighted by Crippen LogP contribution is -2.20. The highest BCUT2D eigenvalue weighted by Gasteiger charge is 2.09. The van der Waals surface area contributed by atoms with Crippen molar-refractivity contribution in [3.05, 3.63) is 35.5 Å². The Bertz CT molecular complexity index is 432. The van der Waals surface area contributed by atoms with Crippen LogP contribution in [0.1, 0.15) is 52.4 Å². The van der Waals surface area contributed by atoms with Crippen LogP contribution in [0.25, 0.3) is 12.2 Å². The largest absolute Gasteiger partial charge is 0.361 e. The summed E-state index contributed by atoms with van der Waals surface area (Å²) < 4.78 is 0. The molecule has 1 saturated carbocycles. The molecule has 0 radical (unpaired) electrons. The molecule has 1 aromatic heterocycles. The van der Waals surface area contributed by atoms with Gasteiger partial charge in [-0.1, -0.05) is 70.3 Å². The van der Waals surface area contributed by atoms with Crippen LogP contribution in [-0.4, -0.2) is 4.98 Å². The van der Waals surface area contributed by atoms with E-state index in [0.717, 1.165) is 11.3 Å². The monoisotopic (exact) mass is 245 g/mol. The number of nitrogens with one attached hydrogen (secondary N) is 1. The molecule has 100 valence electrons. The molecule has 1 N–H and O–H groups in total. The van der Waals surface area contributed by atoms with Gasteiger partial charge in [-0.15, -0.1) is 0 Å². The highest BCUT2D eigenvalue weighted by atomic mass is 14.6. The summed E-state index contributed by atoms with van der Waals surface area (Å²) in [4.78, 5) is 3.11. The van der Waals surface area contributed by atoms with Gasteiger partial charge >= 0.3 is 0 Å². The van der Waals surface area contributed by atoms with E-state index in [1.54, 1.807) is 6.08 Å². The van der Waals surface area contributed by atoms with Crippen LogP contribution in [0.3, 0.4) is 0 Å². The van der Waals surface area contributed by atoms with Crippen LogP contribution in [0.5, 0.6) is 0 Å². The van der Waals surface area contributed by atoms with Gasteiger partial charge in [-0.2, -0.15) is 0 Å². The van der Waals surface area contributed by atoms with Crippen LogP contribution in [0.2, 0.25) is 0 Å². The molecule has 0 atom stereocenters. The minimum atomic E-state index is 1.09. The van der Waals surface area contributed by atoms with Crippen molar-refractivity contribution in [2.75, 3.05) is 0 Å². The zero-order valence-corrected chi connectivity index (χ0v) is 11.9. The van der Waals surface area contributed by atoms with Crippen molar-refractivity contribution < 1.29 is 0 Å². The molecule has 0 amide bonds. The van der Waals surface area contributed by atoms with Crippen molar-refractivity contribution in [2.24, 2.45) is 5.92 Å². The van der Waals surface area contributed by atoms with E-state index in [0.29, 0.717) is 0 Å². The lowest BCUT2D eigenvalue weighted by atomic mass is 9.88. The van der Waals surface area contributed by atoms with Gasteiger partial charge in [0.25, 0.3) is 0 Å². The quantitative estimate of drug-likeness (QED) is 0.816. The van der Waals surface area contributed by atoms with E-state index in [9.17, 15) is 0 Å². The summed E-state index contributed by atoms with van der Waals surface area (Å²) in [6.07, 6.45) is 16.7. The molecule has 1 heterocycles. The SMILES string of the molecule is C=C/C=c1/cc[nH]/c1=C/C.CCC1CCCCC1. The van der Waals surface area contributed by atoms with Gasteiger partial charge in [0.1, 0.15) is 0 Å². The van der Waals surface area contributed by atoms with E-state index < -0.39 is 0 Å². The molecule has 1 fully saturated rings. The van der Waals surface area contributed by atoms with Crippen LogP contribution in [-0.2, 0) is 0 Å². The van der Waals surface area contributed by atoms with Crippen LogP contribution in [0, 0.1) is 5.92 Å². The van der Waals surface area contributed by atoms with E-state index in [1.165, 1.54) is 43.7 Å². The van der Waals surface area contributed by atoms with E-state index >= 15 is 0 Å². The number of hydrogen-bond donors (Lipinski definition) is 1. The summed E-state index contributed by atoms with van der Waals surface area (Å²) in [5, 5.41) is 2.34. The smallest absolute Gasteiger partial charge is 0.0410 e. The third-order valence-electron chi connectivity index (χ3n) is 3.70. The van der Waals surface area contributed by atoms with Crippen molar-refractivity contribution in [3.63, 3.8) is 0 Å². The second kappa shape index (κ2) is 8.79. The Morgan fingerprint density at radius 2 is 2.06 bits per heavy atom. The summed E-state index contributed by atoms with van der Waals surface area (Å²) >= 11 is 0. The van der Waals surface area contributed by atoms with Gasteiger partial charge in [0, 0.05) is 11.5 Å². The molecular weight excluding hydrogens is 218 g/mol. The van der Waals surface area contributed by atoms with Crippen LogP contribution in [0.4, 0.5) is 0 Å². The maximum Gasteiger partial charge on any atom is 0.0410 e. The molecule has 0 aromatic carbocycles. The highest BCUT2D eigenvalue weighted by Crippen LogP contribution is 2.25. The first-order chi connectivity index (χ1) is 8.81. The lowest BCUT2D eigenvalue weighted by Gasteiger charge is -2.18. The highest BCUT2D eigenvalue weighted by molar-refractivity contribution is 5.36. The molecule has 1 aliphatic carbocycles. The molecule has 1 nitrogen and oxygen atoms in total. The van der Waals surface area contributed by atoms with Crippen LogP contribution < -0.4 is 10.6 Å². The Morgan fingerprint density at radius 1 is 1.33 bits per heavy atom. The Kier molecular flexibility index (Phi) is 7.24. The third kappa shape index (κ3) is 4.95. The fourth-order valence-electron chi connectivity index (χ4n) is 2.51. The second-order valence-corrected chi connectivity index (χ2v) is 4.95. The molecule has 0 spiro atoms. The first-order valence-corrected chi connectivity index (χ1v) is 7.24. The molecule has 1 heteroatoms. The molecule has 18 heavy (non-hydrogen) atoms. The minimum Gasteiger partial charge on any atom is -0.361 e. The number of allylic oxidation sites excluding steroid dienone is 1. The van der Waals surface area contributed by atoms with Crippen LogP contribution in [0.15, 0.2) is 24.9 Å². The normalized spacial score (nSPS) is 18.3.